The van der Waals surface area contributed by atoms with Crippen LogP contribution < -0.4 is 0 Å². The van der Waals surface area contributed by atoms with Crippen molar-refractivity contribution < 1.29 is 19.1 Å². The van der Waals surface area contributed by atoms with E-state index in [1.165, 1.54) is 0 Å². The molecule has 0 aliphatic rings. The normalized spacial score (nSPS) is 10.0. The fraction of sp³-hybridized carbons (Fsp3) is 0.714. The molecule has 0 saturated carbocycles. The Balaban J connectivity index is 3.00. The van der Waals surface area contributed by atoms with Crippen molar-refractivity contribution in [2.45, 2.75) is 6.42 Å². The summed E-state index contributed by atoms with van der Waals surface area (Å²) >= 11 is 10.0. The minimum absolute atomic E-state index is 0.101. The highest BCUT2D eigenvalue weighted by molar-refractivity contribution is 6.64. The van der Waals surface area contributed by atoms with Gasteiger partial charge in [0.25, 0.3) is 0 Å². The maximum absolute atomic E-state index is 10.2. The first-order valence-corrected chi connectivity index (χ1v) is 4.40. The first kappa shape index (κ1) is 12.8. The first-order chi connectivity index (χ1) is 6.13. The van der Waals surface area contributed by atoms with E-state index < -0.39 is 10.5 Å². The van der Waals surface area contributed by atoms with Crippen molar-refractivity contribution >= 4 is 33.7 Å². The summed E-state index contributed by atoms with van der Waals surface area (Å²) in [7, 11) is 0. The maximum atomic E-state index is 10.2. The monoisotopic (exact) mass is 228 g/mol. The third-order valence-corrected chi connectivity index (χ3v) is 1.23. The molecule has 76 valence electrons. The third-order valence-electron chi connectivity index (χ3n) is 1.01. The van der Waals surface area contributed by atoms with E-state index in [0.29, 0.717) is 19.6 Å². The molecular weight excluding hydrogens is 219 g/mol. The number of hydrogen-bond donors (Lipinski definition) is 0. The van der Waals surface area contributed by atoms with E-state index in [1.54, 1.807) is 0 Å². The summed E-state index contributed by atoms with van der Waals surface area (Å²) in [5.74, 6) is 0. The van der Waals surface area contributed by atoms with Crippen LogP contribution in [-0.2, 0) is 19.1 Å². The van der Waals surface area contributed by atoms with Gasteiger partial charge in [0, 0.05) is 13.2 Å². The Labute approximate surface area is 86.1 Å². The number of ether oxygens (including phenoxy) is 2. The first-order valence-electron chi connectivity index (χ1n) is 3.65. The van der Waals surface area contributed by atoms with Gasteiger partial charge in [0.05, 0.1) is 0 Å². The zero-order chi connectivity index (χ0) is 10.1. The van der Waals surface area contributed by atoms with Crippen LogP contribution in [0.5, 0.6) is 0 Å². The summed E-state index contributed by atoms with van der Waals surface area (Å²) in [6.07, 6.45) is 0.592. The van der Waals surface area contributed by atoms with E-state index >= 15 is 0 Å². The Bertz CT molecular complexity index is 154. The molecule has 6 heteroatoms. The molecule has 4 nitrogen and oxygen atoms in total. The summed E-state index contributed by atoms with van der Waals surface area (Å²) in [5, 5.41) is -1.06. The topological polar surface area (TPSA) is 52.6 Å². The second-order valence-electron chi connectivity index (χ2n) is 2.17. The van der Waals surface area contributed by atoms with Gasteiger partial charge in [0.2, 0.25) is 10.5 Å². The van der Waals surface area contributed by atoms with Gasteiger partial charge in [-0.05, 0) is 29.6 Å². The Morgan fingerprint density at radius 1 is 0.923 bits per heavy atom. The molecule has 0 aromatic rings. The van der Waals surface area contributed by atoms with Gasteiger partial charge in [-0.2, -0.15) is 0 Å². The molecule has 0 fully saturated rings. The number of hydrogen-bond acceptors (Lipinski definition) is 4. The SMILES string of the molecule is O=C(Cl)COCCCOCC(=O)Cl. The lowest BCUT2D eigenvalue weighted by Crippen LogP contribution is -2.07. The minimum atomic E-state index is -0.531. The van der Waals surface area contributed by atoms with Crippen molar-refractivity contribution in [3.05, 3.63) is 0 Å². The largest absolute Gasteiger partial charge is 0.372 e. The van der Waals surface area contributed by atoms with Gasteiger partial charge < -0.3 is 9.47 Å². The van der Waals surface area contributed by atoms with Gasteiger partial charge in [0.15, 0.2) is 0 Å². The highest BCUT2D eigenvalue weighted by Crippen LogP contribution is 1.89. The highest BCUT2D eigenvalue weighted by atomic mass is 35.5. The van der Waals surface area contributed by atoms with Crippen LogP contribution in [0.4, 0.5) is 0 Å². The molecular formula is C7H10Cl2O4. The molecule has 0 spiro atoms. The molecule has 0 rings (SSSR count). The Hall–Kier alpha value is -0.160. The molecule has 0 unspecified atom stereocenters. The average molecular weight is 229 g/mol. The van der Waals surface area contributed by atoms with Gasteiger partial charge in [-0.1, -0.05) is 0 Å². The van der Waals surface area contributed by atoms with Crippen molar-refractivity contribution in [1.29, 1.82) is 0 Å². The van der Waals surface area contributed by atoms with E-state index in [9.17, 15) is 9.59 Å². The predicted molar refractivity (Wildman–Crippen MR) is 48.0 cm³/mol. The second-order valence-corrected chi connectivity index (χ2v) is 3.01. The standard InChI is InChI=1S/C7H10Cl2O4/c8-6(10)4-12-2-1-3-13-5-7(9)11/h1-5H2. The van der Waals surface area contributed by atoms with Crippen molar-refractivity contribution in [3.8, 4) is 0 Å². The molecule has 0 amide bonds. The van der Waals surface area contributed by atoms with E-state index in [1.807, 2.05) is 0 Å². The molecule has 0 aliphatic carbocycles. The lowest BCUT2D eigenvalue weighted by Gasteiger charge is -2.01. The van der Waals surface area contributed by atoms with Crippen LogP contribution in [-0.4, -0.2) is 36.9 Å². The van der Waals surface area contributed by atoms with Crippen molar-refractivity contribution in [3.63, 3.8) is 0 Å². The van der Waals surface area contributed by atoms with E-state index in [0.717, 1.165) is 0 Å². The summed E-state index contributed by atoms with van der Waals surface area (Å²) in [5.41, 5.74) is 0. The van der Waals surface area contributed by atoms with Crippen LogP contribution in [0, 0.1) is 0 Å². The fourth-order valence-electron chi connectivity index (χ4n) is 0.568. The highest BCUT2D eigenvalue weighted by Gasteiger charge is 1.97. The Kier molecular flexibility index (Phi) is 8.33. The Morgan fingerprint density at radius 2 is 1.31 bits per heavy atom. The van der Waals surface area contributed by atoms with E-state index in [4.69, 9.17) is 32.7 Å². The molecule has 0 aromatic heterocycles. The Morgan fingerprint density at radius 3 is 1.62 bits per heavy atom. The zero-order valence-corrected chi connectivity index (χ0v) is 8.44. The fourth-order valence-corrected chi connectivity index (χ4v) is 0.722. The molecule has 13 heavy (non-hydrogen) atoms. The van der Waals surface area contributed by atoms with E-state index in [2.05, 4.69) is 0 Å². The molecule has 0 N–H and O–H groups in total. The van der Waals surface area contributed by atoms with Gasteiger partial charge >= 0.3 is 0 Å². The van der Waals surface area contributed by atoms with Gasteiger partial charge in [-0.25, -0.2) is 0 Å². The summed E-state index contributed by atoms with van der Waals surface area (Å²) in [6, 6.07) is 0. The summed E-state index contributed by atoms with van der Waals surface area (Å²) < 4.78 is 9.65. The maximum Gasteiger partial charge on any atom is 0.247 e. The lowest BCUT2D eigenvalue weighted by atomic mass is 10.5. The van der Waals surface area contributed by atoms with Gasteiger partial charge in [-0.15, -0.1) is 0 Å². The molecule has 0 radical (unpaired) electrons. The van der Waals surface area contributed by atoms with Crippen molar-refractivity contribution in [2.75, 3.05) is 26.4 Å². The van der Waals surface area contributed by atoms with Crippen LogP contribution in [0.3, 0.4) is 0 Å². The van der Waals surface area contributed by atoms with Crippen LogP contribution in [0.15, 0.2) is 0 Å². The summed E-state index contributed by atoms with van der Waals surface area (Å²) in [6.45, 7) is 0.538. The van der Waals surface area contributed by atoms with Crippen LogP contribution >= 0.6 is 23.2 Å². The molecule has 0 bridgehead atoms. The van der Waals surface area contributed by atoms with Gasteiger partial charge in [-0.3, -0.25) is 9.59 Å². The van der Waals surface area contributed by atoms with E-state index in [-0.39, 0.29) is 13.2 Å². The smallest absolute Gasteiger partial charge is 0.247 e. The third kappa shape index (κ3) is 11.8. The predicted octanol–water partition coefficient (Wildman–Crippen LogP) is 0.940. The molecule has 0 heterocycles. The van der Waals surface area contributed by atoms with Crippen molar-refractivity contribution in [1.82, 2.24) is 0 Å². The molecule has 0 saturated heterocycles. The molecule has 0 aromatic carbocycles. The van der Waals surface area contributed by atoms with Crippen LogP contribution in [0.2, 0.25) is 0 Å². The molecule has 0 atom stereocenters. The number of rotatable bonds is 8. The number of carbonyl (C=O) groups excluding carboxylic acids is 2. The number of carbonyl (C=O) groups is 2. The lowest BCUT2D eigenvalue weighted by molar-refractivity contribution is -0.116. The number of halogens is 2. The van der Waals surface area contributed by atoms with Crippen LogP contribution in [0.25, 0.3) is 0 Å². The van der Waals surface area contributed by atoms with Gasteiger partial charge in [0.1, 0.15) is 13.2 Å². The second kappa shape index (κ2) is 8.44. The average Bonchev–Trinajstić information content (AvgIpc) is 2.01. The van der Waals surface area contributed by atoms with Crippen LogP contribution in [0.1, 0.15) is 6.42 Å². The van der Waals surface area contributed by atoms with Crippen molar-refractivity contribution in [2.24, 2.45) is 0 Å². The zero-order valence-electron chi connectivity index (χ0n) is 6.92. The minimum Gasteiger partial charge on any atom is -0.372 e. The summed E-state index contributed by atoms with van der Waals surface area (Å²) in [4.78, 5) is 20.3. The molecule has 0 aliphatic heterocycles. The quantitative estimate of drug-likeness (QED) is 0.459.